The predicted octanol–water partition coefficient (Wildman–Crippen LogP) is 2.45. The summed E-state index contributed by atoms with van der Waals surface area (Å²) >= 11 is 0. The highest BCUT2D eigenvalue weighted by Crippen LogP contribution is 2.24. The fraction of sp³-hybridized carbons (Fsp3) is 0.538. The molecule has 0 aromatic carbocycles. The highest BCUT2D eigenvalue weighted by atomic mass is 16.5. The molecule has 17 heavy (non-hydrogen) atoms. The number of aldehydes is 1. The molecule has 4 nitrogen and oxygen atoms in total. The molecule has 1 aromatic rings. The van der Waals surface area contributed by atoms with Crippen molar-refractivity contribution in [2.75, 3.05) is 6.61 Å². The lowest BCUT2D eigenvalue weighted by atomic mass is 9.99. The van der Waals surface area contributed by atoms with Crippen molar-refractivity contribution in [2.45, 2.75) is 33.2 Å². The van der Waals surface area contributed by atoms with E-state index in [2.05, 4.69) is 0 Å². The highest BCUT2D eigenvalue weighted by Gasteiger charge is 2.28. The molecule has 0 radical (unpaired) electrons. The van der Waals surface area contributed by atoms with E-state index in [1.807, 2.05) is 13.8 Å². The Kier molecular flexibility index (Phi) is 4.94. The number of rotatable bonds is 6. The van der Waals surface area contributed by atoms with Gasteiger partial charge in [0.15, 0.2) is 6.29 Å². The van der Waals surface area contributed by atoms with Crippen LogP contribution in [0.15, 0.2) is 18.3 Å². The molecule has 94 valence electrons. The molecule has 0 N–H and O–H groups in total. The van der Waals surface area contributed by atoms with Crippen LogP contribution >= 0.6 is 0 Å². The topological polar surface area (TPSA) is 48.3 Å². The minimum Gasteiger partial charge on any atom is -0.464 e. The molecular weight excluding hydrogens is 218 g/mol. The molecule has 0 saturated carbocycles. The Balaban J connectivity index is 3.05. The molecule has 4 heteroatoms. The van der Waals surface area contributed by atoms with Gasteiger partial charge in [0.05, 0.1) is 12.3 Å². The number of hydrogen-bond acceptors (Lipinski definition) is 3. The van der Waals surface area contributed by atoms with Crippen LogP contribution in [0.2, 0.25) is 0 Å². The SMILES string of the molecule is CCOC(=O)[C@H](C(C)CC)n1cccc1C=O. The second kappa shape index (κ2) is 6.23. The van der Waals surface area contributed by atoms with Gasteiger partial charge in [0.2, 0.25) is 0 Å². The van der Waals surface area contributed by atoms with Gasteiger partial charge in [-0.05, 0) is 25.0 Å². The van der Waals surface area contributed by atoms with Crippen LogP contribution in [-0.2, 0) is 9.53 Å². The van der Waals surface area contributed by atoms with Crippen molar-refractivity contribution in [3.05, 3.63) is 24.0 Å². The predicted molar refractivity (Wildman–Crippen MR) is 64.9 cm³/mol. The van der Waals surface area contributed by atoms with Crippen LogP contribution in [-0.4, -0.2) is 23.4 Å². The molecule has 1 heterocycles. The van der Waals surface area contributed by atoms with Gasteiger partial charge >= 0.3 is 5.97 Å². The molecule has 0 aliphatic heterocycles. The Morgan fingerprint density at radius 3 is 2.76 bits per heavy atom. The van der Waals surface area contributed by atoms with Crippen LogP contribution in [0.1, 0.15) is 43.7 Å². The number of carbonyl (C=O) groups excluding carboxylic acids is 2. The normalized spacial score (nSPS) is 14.1. The van der Waals surface area contributed by atoms with Gasteiger partial charge in [-0.25, -0.2) is 4.79 Å². The van der Waals surface area contributed by atoms with Gasteiger partial charge in [0.25, 0.3) is 0 Å². The van der Waals surface area contributed by atoms with Gasteiger partial charge in [0.1, 0.15) is 6.04 Å². The molecule has 2 atom stereocenters. The van der Waals surface area contributed by atoms with Gasteiger partial charge in [0, 0.05) is 6.20 Å². The van der Waals surface area contributed by atoms with Crippen LogP contribution in [0.4, 0.5) is 0 Å². The van der Waals surface area contributed by atoms with E-state index < -0.39 is 6.04 Å². The highest BCUT2D eigenvalue weighted by molar-refractivity contribution is 5.78. The molecule has 1 aromatic heterocycles. The van der Waals surface area contributed by atoms with Crippen LogP contribution < -0.4 is 0 Å². The summed E-state index contributed by atoms with van der Waals surface area (Å²) in [4.78, 5) is 22.9. The van der Waals surface area contributed by atoms with Gasteiger partial charge < -0.3 is 9.30 Å². The Morgan fingerprint density at radius 2 is 2.24 bits per heavy atom. The van der Waals surface area contributed by atoms with Crippen molar-refractivity contribution < 1.29 is 14.3 Å². The fourth-order valence-electron chi connectivity index (χ4n) is 1.83. The summed E-state index contributed by atoms with van der Waals surface area (Å²) in [6, 6.07) is 3.04. The minimum absolute atomic E-state index is 0.125. The second-order valence-electron chi connectivity index (χ2n) is 4.04. The van der Waals surface area contributed by atoms with Crippen LogP contribution in [0.5, 0.6) is 0 Å². The van der Waals surface area contributed by atoms with E-state index >= 15 is 0 Å². The number of nitrogens with zero attached hydrogens (tertiary/aromatic N) is 1. The summed E-state index contributed by atoms with van der Waals surface area (Å²) in [7, 11) is 0. The number of aromatic nitrogens is 1. The molecule has 0 aliphatic rings. The molecule has 0 amide bonds. The first kappa shape index (κ1) is 13.5. The average molecular weight is 237 g/mol. The molecule has 0 fully saturated rings. The minimum atomic E-state index is -0.421. The smallest absolute Gasteiger partial charge is 0.329 e. The third kappa shape index (κ3) is 2.96. The number of carbonyl (C=O) groups is 2. The Labute approximate surface area is 102 Å². The maximum atomic E-state index is 12.0. The monoisotopic (exact) mass is 237 g/mol. The van der Waals surface area contributed by atoms with Crippen LogP contribution in [0, 0.1) is 5.92 Å². The van der Waals surface area contributed by atoms with E-state index in [1.54, 1.807) is 29.8 Å². The van der Waals surface area contributed by atoms with Crippen LogP contribution in [0.25, 0.3) is 0 Å². The first-order valence-corrected chi connectivity index (χ1v) is 5.94. The van der Waals surface area contributed by atoms with Crippen molar-refractivity contribution in [1.82, 2.24) is 4.57 Å². The van der Waals surface area contributed by atoms with Crippen LogP contribution in [0.3, 0.4) is 0 Å². The summed E-state index contributed by atoms with van der Waals surface area (Å²) in [5, 5.41) is 0. The van der Waals surface area contributed by atoms with E-state index in [0.29, 0.717) is 12.3 Å². The summed E-state index contributed by atoms with van der Waals surface area (Å²) in [5.74, 6) is -0.152. The van der Waals surface area contributed by atoms with Gasteiger partial charge in [-0.3, -0.25) is 4.79 Å². The summed E-state index contributed by atoms with van der Waals surface area (Å²) < 4.78 is 6.77. The fourth-order valence-corrected chi connectivity index (χ4v) is 1.83. The third-order valence-corrected chi connectivity index (χ3v) is 2.94. The number of hydrogen-bond donors (Lipinski definition) is 0. The zero-order valence-electron chi connectivity index (χ0n) is 10.6. The summed E-state index contributed by atoms with van der Waals surface area (Å²) in [6.45, 7) is 6.13. The molecule has 0 bridgehead atoms. The zero-order chi connectivity index (χ0) is 12.8. The van der Waals surface area contributed by atoms with Gasteiger partial charge in [-0.15, -0.1) is 0 Å². The molecule has 1 rings (SSSR count). The standard InChI is InChI=1S/C13H19NO3/c1-4-10(3)12(13(16)17-5-2)14-8-6-7-11(14)9-15/h6-10,12H,4-5H2,1-3H3/t10?,12-/m0/s1. The van der Waals surface area contributed by atoms with E-state index in [-0.39, 0.29) is 11.9 Å². The summed E-state index contributed by atoms with van der Waals surface area (Å²) in [6.07, 6.45) is 3.35. The maximum Gasteiger partial charge on any atom is 0.329 e. The Morgan fingerprint density at radius 1 is 1.53 bits per heavy atom. The second-order valence-corrected chi connectivity index (χ2v) is 4.04. The van der Waals surface area contributed by atoms with Gasteiger partial charge in [-0.1, -0.05) is 20.3 Å². The van der Waals surface area contributed by atoms with Crippen molar-refractivity contribution >= 4 is 12.3 Å². The number of esters is 1. The lowest BCUT2D eigenvalue weighted by Crippen LogP contribution is -2.28. The molecule has 0 aliphatic carbocycles. The summed E-state index contributed by atoms with van der Waals surface area (Å²) in [5.41, 5.74) is 0.503. The van der Waals surface area contributed by atoms with Crippen molar-refractivity contribution in [1.29, 1.82) is 0 Å². The maximum absolute atomic E-state index is 12.0. The molecular formula is C13H19NO3. The van der Waals surface area contributed by atoms with Crippen molar-refractivity contribution in [3.63, 3.8) is 0 Å². The average Bonchev–Trinajstić information content (AvgIpc) is 2.77. The van der Waals surface area contributed by atoms with Gasteiger partial charge in [-0.2, -0.15) is 0 Å². The molecule has 1 unspecified atom stereocenters. The largest absolute Gasteiger partial charge is 0.464 e. The molecule has 0 spiro atoms. The zero-order valence-corrected chi connectivity index (χ0v) is 10.6. The third-order valence-electron chi connectivity index (χ3n) is 2.94. The Bertz CT molecular complexity index is 384. The quantitative estimate of drug-likeness (QED) is 0.564. The van der Waals surface area contributed by atoms with E-state index in [0.717, 1.165) is 12.7 Å². The van der Waals surface area contributed by atoms with E-state index in [1.165, 1.54) is 0 Å². The molecule has 0 saturated heterocycles. The number of ether oxygens (including phenoxy) is 1. The first-order valence-electron chi connectivity index (χ1n) is 5.94. The van der Waals surface area contributed by atoms with Crippen molar-refractivity contribution in [3.8, 4) is 0 Å². The first-order chi connectivity index (χ1) is 8.15. The van der Waals surface area contributed by atoms with Crippen molar-refractivity contribution in [2.24, 2.45) is 5.92 Å². The lowest BCUT2D eigenvalue weighted by Gasteiger charge is -2.23. The van der Waals surface area contributed by atoms with E-state index in [9.17, 15) is 9.59 Å². The van der Waals surface area contributed by atoms with E-state index in [4.69, 9.17) is 4.74 Å². The lowest BCUT2D eigenvalue weighted by molar-refractivity contribution is -0.148. The Hall–Kier alpha value is -1.58.